The summed E-state index contributed by atoms with van der Waals surface area (Å²) in [7, 11) is 0. The molecule has 0 bridgehead atoms. The second-order valence-electron chi connectivity index (χ2n) is 13.2. The molecule has 6 N–H and O–H groups in total. The molecule has 1 aliphatic rings. The smallest absolute Gasteiger partial charge is 0.246 e. The van der Waals surface area contributed by atoms with Gasteiger partial charge in [-0.2, -0.15) is 0 Å². The van der Waals surface area contributed by atoms with Gasteiger partial charge in [0.15, 0.2) is 0 Å². The lowest BCUT2D eigenvalue weighted by molar-refractivity contribution is -0.149. The van der Waals surface area contributed by atoms with Crippen LogP contribution in [0.25, 0.3) is 0 Å². The molecule has 1 aromatic carbocycles. The van der Waals surface area contributed by atoms with Crippen LogP contribution in [0.2, 0.25) is 0 Å². The number of nitrogens with one attached hydrogen (secondary N) is 3. The Kier molecular flexibility index (Phi) is 11.3. The Morgan fingerprint density at radius 3 is 2.41 bits per heavy atom. The van der Waals surface area contributed by atoms with E-state index in [2.05, 4.69) is 25.3 Å². The first-order chi connectivity index (χ1) is 21.0. The van der Waals surface area contributed by atoms with E-state index in [0.717, 1.165) is 37.7 Å². The number of carbonyl (C=O) groups is 3. The van der Waals surface area contributed by atoms with Crippen molar-refractivity contribution in [2.45, 2.75) is 103 Å². The van der Waals surface area contributed by atoms with Crippen molar-refractivity contribution in [3.05, 3.63) is 72.3 Å². The van der Waals surface area contributed by atoms with Gasteiger partial charge in [0.05, 0.1) is 12.4 Å². The monoisotopic (exact) mass is 605 g/mol. The molecular weight excluding hydrogens is 558 g/mol. The lowest BCUT2D eigenvalue weighted by atomic mass is 9.82. The summed E-state index contributed by atoms with van der Waals surface area (Å²) < 4.78 is 0. The van der Waals surface area contributed by atoms with Crippen LogP contribution in [0.5, 0.6) is 0 Å². The topological polar surface area (TPSA) is 170 Å². The van der Waals surface area contributed by atoms with E-state index in [4.69, 9.17) is 5.73 Å². The minimum atomic E-state index is -1.22. The maximum absolute atomic E-state index is 14.9. The number of hydrogen-bond donors (Lipinski definition) is 5. The highest BCUT2D eigenvalue weighted by Gasteiger charge is 2.43. The Bertz CT molecular complexity index is 1320. The Morgan fingerprint density at radius 1 is 1.09 bits per heavy atom. The molecule has 3 aromatic rings. The van der Waals surface area contributed by atoms with E-state index in [0.29, 0.717) is 17.9 Å². The van der Waals surface area contributed by atoms with Crippen molar-refractivity contribution in [2.75, 3.05) is 0 Å². The van der Waals surface area contributed by atoms with E-state index in [-0.39, 0.29) is 36.5 Å². The van der Waals surface area contributed by atoms with Crippen LogP contribution in [0.15, 0.2) is 55.2 Å². The zero-order valence-electron chi connectivity index (χ0n) is 26.0. The number of aromatic amines is 2. The van der Waals surface area contributed by atoms with E-state index in [9.17, 15) is 19.5 Å². The zero-order chi connectivity index (χ0) is 31.7. The Labute approximate surface area is 259 Å². The number of aromatic nitrogens is 4. The molecule has 0 radical (unpaired) electrons. The summed E-state index contributed by atoms with van der Waals surface area (Å²) in [5.74, 6) is -0.938. The van der Waals surface area contributed by atoms with Crippen molar-refractivity contribution in [3.8, 4) is 0 Å². The van der Waals surface area contributed by atoms with Crippen LogP contribution in [0.4, 0.5) is 0 Å². The molecule has 3 amide bonds. The number of primary amides is 1. The Morgan fingerprint density at radius 2 is 1.82 bits per heavy atom. The molecule has 2 aromatic heterocycles. The molecule has 4 rings (SSSR count). The van der Waals surface area contributed by atoms with E-state index in [1.165, 1.54) is 11.2 Å². The number of aliphatic hydroxyl groups excluding tert-OH is 1. The highest BCUT2D eigenvalue weighted by Crippen LogP contribution is 2.34. The quantitative estimate of drug-likeness (QED) is 0.188. The number of hydrogen-bond acceptors (Lipinski definition) is 6. The molecule has 11 nitrogen and oxygen atoms in total. The number of aliphatic hydroxyl groups is 1. The number of nitrogens with zero attached hydrogens (tertiary/aromatic N) is 3. The van der Waals surface area contributed by atoms with Crippen LogP contribution < -0.4 is 11.1 Å². The molecule has 0 unspecified atom stereocenters. The van der Waals surface area contributed by atoms with E-state index in [1.54, 1.807) is 18.6 Å². The van der Waals surface area contributed by atoms with E-state index in [1.807, 2.05) is 51.1 Å². The molecule has 0 aliphatic heterocycles. The lowest BCUT2D eigenvalue weighted by Crippen LogP contribution is -2.61. The first-order valence-corrected chi connectivity index (χ1v) is 15.6. The van der Waals surface area contributed by atoms with Gasteiger partial charge in [-0.15, -0.1) is 0 Å². The zero-order valence-corrected chi connectivity index (χ0v) is 26.0. The van der Waals surface area contributed by atoms with Gasteiger partial charge in [0.1, 0.15) is 24.0 Å². The summed E-state index contributed by atoms with van der Waals surface area (Å²) in [6, 6.07) is 6.47. The minimum absolute atomic E-state index is 0.0705. The lowest BCUT2D eigenvalue weighted by Gasteiger charge is -2.42. The molecule has 4 atom stereocenters. The van der Waals surface area contributed by atoms with E-state index < -0.39 is 36.0 Å². The number of nitrogens with two attached hydrogens (primary N) is 1. The first-order valence-electron chi connectivity index (χ1n) is 15.6. The molecular formula is C33H47N7O4. The third kappa shape index (κ3) is 9.25. The molecule has 0 saturated heterocycles. The summed E-state index contributed by atoms with van der Waals surface area (Å²) in [4.78, 5) is 57.3. The second kappa shape index (κ2) is 15.1. The summed E-state index contributed by atoms with van der Waals surface area (Å²) in [6.07, 6.45) is 11.2. The number of carbonyl (C=O) groups excluding carboxylic acids is 3. The van der Waals surface area contributed by atoms with Crippen molar-refractivity contribution in [2.24, 2.45) is 17.1 Å². The molecule has 1 fully saturated rings. The van der Waals surface area contributed by atoms with Gasteiger partial charge in [0.25, 0.3) is 0 Å². The van der Waals surface area contributed by atoms with Gasteiger partial charge in [0.2, 0.25) is 17.7 Å². The number of H-pyrrole nitrogens is 2. The summed E-state index contributed by atoms with van der Waals surface area (Å²) in [5, 5.41) is 14.8. The standard InChI is InChI=1S/C33H47N7O4/c1-33(2,3)19-28(41)39-25(16-22-10-6-4-7-11-22)32(44)40(27(30(34)43)18-24-20-35-21-38-24)26(17-23-12-8-5-9-13-23)29(42)31-36-14-15-37-31/h4,6-7,10-11,14-15,20-21,23,25-27,29,42H,5,8-9,12-13,16-19H2,1-3H3,(H2,34,43)(H,35,38)(H,36,37)(H,39,41)/t25-,26-,27-,29+/m0/s1. The largest absolute Gasteiger partial charge is 0.383 e. The van der Waals surface area contributed by atoms with Gasteiger partial charge in [-0.25, -0.2) is 9.97 Å². The SMILES string of the molecule is CC(C)(C)CC(=O)N[C@@H](Cc1ccccc1)C(=O)N([C@@H](Cc1cnc[nH]1)C(N)=O)[C@@H](CC1CCCCC1)[C@@H](O)c1ncc[nH]1. The first kappa shape index (κ1) is 32.9. The van der Waals surface area contributed by atoms with Crippen LogP contribution in [-0.2, 0) is 27.2 Å². The summed E-state index contributed by atoms with van der Waals surface area (Å²) in [5.41, 5.74) is 7.22. The molecule has 2 heterocycles. The van der Waals surface area contributed by atoms with Gasteiger partial charge in [-0.1, -0.05) is 83.2 Å². The van der Waals surface area contributed by atoms with Crippen LogP contribution in [0.3, 0.4) is 0 Å². The van der Waals surface area contributed by atoms with Crippen LogP contribution in [0, 0.1) is 11.3 Å². The van der Waals surface area contributed by atoms with Gasteiger partial charge < -0.3 is 31.0 Å². The second-order valence-corrected chi connectivity index (χ2v) is 13.2. The van der Waals surface area contributed by atoms with Crippen molar-refractivity contribution in [3.63, 3.8) is 0 Å². The number of rotatable bonds is 14. The van der Waals surface area contributed by atoms with Gasteiger partial charge in [-0.3, -0.25) is 14.4 Å². The van der Waals surface area contributed by atoms with Gasteiger partial charge in [0, 0.05) is 43.5 Å². The molecule has 11 heteroatoms. The third-order valence-electron chi connectivity index (χ3n) is 8.31. The molecule has 238 valence electrons. The van der Waals surface area contributed by atoms with Crippen molar-refractivity contribution in [1.82, 2.24) is 30.2 Å². The summed E-state index contributed by atoms with van der Waals surface area (Å²) in [6.45, 7) is 5.88. The predicted molar refractivity (Wildman–Crippen MR) is 167 cm³/mol. The highest BCUT2D eigenvalue weighted by atomic mass is 16.3. The van der Waals surface area contributed by atoms with E-state index >= 15 is 0 Å². The number of amides is 3. The van der Waals surface area contributed by atoms with Gasteiger partial charge >= 0.3 is 0 Å². The minimum Gasteiger partial charge on any atom is -0.383 e. The fourth-order valence-corrected chi connectivity index (χ4v) is 6.23. The molecule has 44 heavy (non-hydrogen) atoms. The fraction of sp³-hybridized carbons (Fsp3) is 0.545. The van der Waals surface area contributed by atoms with Gasteiger partial charge in [-0.05, 0) is 23.3 Å². The van der Waals surface area contributed by atoms with Crippen molar-refractivity contribution in [1.29, 1.82) is 0 Å². The summed E-state index contributed by atoms with van der Waals surface area (Å²) >= 11 is 0. The van der Waals surface area contributed by atoms with Crippen LogP contribution in [0.1, 0.15) is 88.9 Å². The molecule has 0 spiro atoms. The Balaban J connectivity index is 1.80. The highest BCUT2D eigenvalue weighted by molar-refractivity contribution is 5.92. The fourth-order valence-electron chi connectivity index (χ4n) is 6.23. The third-order valence-corrected chi connectivity index (χ3v) is 8.31. The predicted octanol–water partition coefficient (Wildman–Crippen LogP) is 3.59. The van der Waals surface area contributed by atoms with Crippen LogP contribution >= 0.6 is 0 Å². The van der Waals surface area contributed by atoms with Crippen molar-refractivity contribution < 1.29 is 19.5 Å². The molecule has 1 saturated carbocycles. The average molecular weight is 606 g/mol. The maximum atomic E-state index is 14.9. The Hall–Kier alpha value is -3.99. The average Bonchev–Trinajstić information content (AvgIpc) is 3.70. The molecule has 1 aliphatic carbocycles. The van der Waals surface area contributed by atoms with Crippen molar-refractivity contribution >= 4 is 17.7 Å². The normalized spacial score (nSPS) is 16.9. The number of benzene rings is 1. The maximum Gasteiger partial charge on any atom is 0.246 e. The number of imidazole rings is 2. The van der Waals surface area contributed by atoms with Crippen LogP contribution in [-0.4, -0.2) is 65.8 Å².